The summed E-state index contributed by atoms with van der Waals surface area (Å²) >= 11 is 6.28. The van der Waals surface area contributed by atoms with Gasteiger partial charge in [0, 0.05) is 31.6 Å². The number of hydrogen-bond acceptors (Lipinski definition) is 8. The van der Waals surface area contributed by atoms with Crippen molar-refractivity contribution in [2.75, 3.05) is 24.6 Å². The summed E-state index contributed by atoms with van der Waals surface area (Å²) in [5.74, 6) is 1.00. The standard InChI is InChI=1S/C22H24ClN7O3/c1-14-3-6-21(27-25-14)29-11-18-20(12-29)33-13-16-10-30(28-26-16)7-2-8-32-19-9-15(22(31)24-18)4-5-17(19)23/h3-6,9-10,18,20H,2,7-8,11-13H2,1H3,(H,24,31)/t18-,20-/m0/s1. The summed E-state index contributed by atoms with van der Waals surface area (Å²) < 4.78 is 13.8. The maximum atomic E-state index is 13.1. The Bertz CT molecular complexity index is 1140. The van der Waals surface area contributed by atoms with Gasteiger partial charge in [-0.1, -0.05) is 16.8 Å². The Morgan fingerprint density at radius 1 is 1.15 bits per heavy atom. The van der Waals surface area contributed by atoms with Crippen molar-refractivity contribution in [2.24, 2.45) is 0 Å². The average molecular weight is 470 g/mol. The van der Waals surface area contributed by atoms with Gasteiger partial charge in [-0.3, -0.25) is 9.48 Å². The molecule has 1 N–H and O–H groups in total. The third kappa shape index (κ3) is 4.91. The van der Waals surface area contributed by atoms with Crippen molar-refractivity contribution < 1.29 is 14.3 Å². The van der Waals surface area contributed by atoms with Crippen molar-refractivity contribution >= 4 is 23.3 Å². The molecule has 0 unspecified atom stereocenters. The molecule has 1 saturated heterocycles. The van der Waals surface area contributed by atoms with E-state index in [1.807, 2.05) is 25.3 Å². The zero-order chi connectivity index (χ0) is 22.8. The molecule has 2 aliphatic heterocycles. The van der Waals surface area contributed by atoms with Crippen LogP contribution in [0.15, 0.2) is 36.5 Å². The summed E-state index contributed by atoms with van der Waals surface area (Å²) in [7, 11) is 0. The summed E-state index contributed by atoms with van der Waals surface area (Å²) in [6, 6.07) is 8.62. The van der Waals surface area contributed by atoms with Crippen LogP contribution in [0.1, 0.15) is 28.2 Å². The summed E-state index contributed by atoms with van der Waals surface area (Å²) in [4.78, 5) is 15.1. The van der Waals surface area contributed by atoms with E-state index in [2.05, 4.69) is 30.7 Å². The number of hydrogen-bond donors (Lipinski definition) is 1. The molecule has 5 rings (SSSR count). The van der Waals surface area contributed by atoms with Gasteiger partial charge in [0.2, 0.25) is 0 Å². The van der Waals surface area contributed by atoms with Gasteiger partial charge in [0.05, 0.1) is 42.3 Å². The van der Waals surface area contributed by atoms with Gasteiger partial charge in [-0.05, 0) is 37.3 Å². The number of aryl methyl sites for hydroxylation is 2. The monoisotopic (exact) mass is 469 g/mol. The molecule has 3 aromatic rings. The van der Waals surface area contributed by atoms with Gasteiger partial charge in [-0.25, -0.2) is 0 Å². The first-order valence-corrected chi connectivity index (χ1v) is 11.2. The van der Waals surface area contributed by atoms with Crippen LogP contribution in [0.5, 0.6) is 5.75 Å². The van der Waals surface area contributed by atoms with Crippen LogP contribution in [0.4, 0.5) is 5.82 Å². The molecule has 33 heavy (non-hydrogen) atoms. The Morgan fingerprint density at radius 3 is 2.91 bits per heavy atom. The molecule has 2 atom stereocenters. The van der Waals surface area contributed by atoms with Crippen LogP contribution in [0.3, 0.4) is 0 Å². The molecule has 172 valence electrons. The molecule has 4 bridgehead atoms. The summed E-state index contributed by atoms with van der Waals surface area (Å²) in [6.45, 7) is 4.38. The lowest BCUT2D eigenvalue weighted by atomic mass is 10.1. The van der Waals surface area contributed by atoms with E-state index in [0.717, 1.165) is 17.2 Å². The van der Waals surface area contributed by atoms with Crippen molar-refractivity contribution in [3.8, 4) is 5.75 Å². The molecule has 1 fully saturated rings. The lowest BCUT2D eigenvalue weighted by Crippen LogP contribution is -2.44. The maximum absolute atomic E-state index is 13.1. The fourth-order valence-corrected chi connectivity index (χ4v) is 4.12. The van der Waals surface area contributed by atoms with Crippen molar-refractivity contribution in [3.63, 3.8) is 0 Å². The fraction of sp³-hybridized carbons (Fsp3) is 0.409. The first kappa shape index (κ1) is 21.6. The highest BCUT2D eigenvalue weighted by molar-refractivity contribution is 6.32. The summed E-state index contributed by atoms with van der Waals surface area (Å²) in [5.41, 5.74) is 2.05. The fourth-order valence-electron chi connectivity index (χ4n) is 3.95. The number of carbonyl (C=O) groups excluding carboxylic acids is 1. The van der Waals surface area contributed by atoms with Gasteiger partial charge in [0.15, 0.2) is 5.82 Å². The number of halogens is 1. The normalized spacial score (nSPS) is 21.3. The molecule has 4 heterocycles. The second kappa shape index (κ2) is 9.32. The number of aromatic nitrogens is 5. The number of benzene rings is 1. The van der Waals surface area contributed by atoms with E-state index >= 15 is 0 Å². The molecule has 1 aromatic carbocycles. The summed E-state index contributed by atoms with van der Waals surface area (Å²) in [5, 5.41) is 20.4. The van der Waals surface area contributed by atoms with Crippen LogP contribution in [-0.4, -0.2) is 62.9 Å². The molecular formula is C22H24ClN7O3. The SMILES string of the molecule is Cc1ccc(N2C[C@@H]3NC(=O)c4ccc(Cl)c(c4)OCCCn4cc(nn4)CO[C@H]3C2)nn1. The average Bonchev–Trinajstić information content (AvgIpc) is 3.43. The Balaban J connectivity index is 1.41. The number of amides is 1. The van der Waals surface area contributed by atoms with Crippen LogP contribution in [0.25, 0.3) is 0 Å². The molecule has 0 spiro atoms. The minimum absolute atomic E-state index is 0.218. The van der Waals surface area contributed by atoms with Gasteiger partial charge >= 0.3 is 0 Å². The minimum atomic E-state index is -0.266. The summed E-state index contributed by atoms with van der Waals surface area (Å²) in [6.07, 6.45) is 2.32. The van der Waals surface area contributed by atoms with E-state index in [1.165, 1.54) is 0 Å². The van der Waals surface area contributed by atoms with Gasteiger partial charge < -0.3 is 19.7 Å². The number of anilines is 1. The quantitative estimate of drug-likeness (QED) is 0.576. The van der Waals surface area contributed by atoms with E-state index in [-0.39, 0.29) is 18.1 Å². The molecule has 1 amide bonds. The zero-order valence-corrected chi connectivity index (χ0v) is 18.9. The van der Waals surface area contributed by atoms with Crippen molar-refractivity contribution in [3.05, 3.63) is 58.5 Å². The van der Waals surface area contributed by atoms with E-state index < -0.39 is 0 Å². The maximum Gasteiger partial charge on any atom is 0.251 e. The van der Waals surface area contributed by atoms with Crippen LogP contribution in [0, 0.1) is 6.92 Å². The van der Waals surface area contributed by atoms with Crippen molar-refractivity contribution in [2.45, 2.75) is 38.6 Å². The predicted octanol–water partition coefficient (Wildman–Crippen LogP) is 2.02. The highest BCUT2D eigenvalue weighted by Crippen LogP contribution is 2.27. The van der Waals surface area contributed by atoms with E-state index in [9.17, 15) is 4.79 Å². The highest BCUT2D eigenvalue weighted by Gasteiger charge is 2.36. The Hall–Kier alpha value is -3.24. The highest BCUT2D eigenvalue weighted by atomic mass is 35.5. The molecule has 10 nitrogen and oxygen atoms in total. The number of ether oxygens (including phenoxy) is 2. The largest absolute Gasteiger partial charge is 0.492 e. The van der Waals surface area contributed by atoms with Gasteiger partial charge in [-0.2, -0.15) is 5.10 Å². The smallest absolute Gasteiger partial charge is 0.251 e. The number of nitrogens with one attached hydrogen (secondary N) is 1. The number of fused-ring (bicyclic) bond motifs is 5. The van der Waals surface area contributed by atoms with E-state index in [1.54, 1.807) is 22.9 Å². The molecule has 0 radical (unpaired) electrons. The Labute approximate surface area is 195 Å². The zero-order valence-electron chi connectivity index (χ0n) is 18.1. The van der Waals surface area contributed by atoms with Gasteiger partial charge in [0.1, 0.15) is 11.4 Å². The van der Waals surface area contributed by atoms with E-state index in [4.69, 9.17) is 21.1 Å². The van der Waals surface area contributed by atoms with Gasteiger partial charge in [-0.15, -0.1) is 10.2 Å². The van der Waals surface area contributed by atoms with Crippen molar-refractivity contribution in [1.82, 2.24) is 30.5 Å². The number of rotatable bonds is 1. The topological polar surface area (TPSA) is 107 Å². The van der Waals surface area contributed by atoms with Crippen molar-refractivity contribution in [1.29, 1.82) is 0 Å². The molecule has 2 aromatic heterocycles. The Kier molecular flexibility index (Phi) is 6.10. The predicted molar refractivity (Wildman–Crippen MR) is 120 cm³/mol. The lowest BCUT2D eigenvalue weighted by Gasteiger charge is -2.20. The minimum Gasteiger partial charge on any atom is -0.492 e. The molecular weight excluding hydrogens is 446 g/mol. The van der Waals surface area contributed by atoms with Gasteiger partial charge in [0.25, 0.3) is 5.91 Å². The van der Waals surface area contributed by atoms with Crippen LogP contribution in [0.2, 0.25) is 5.02 Å². The third-order valence-corrected chi connectivity index (χ3v) is 6.02. The number of carbonyl (C=O) groups is 1. The van der Waals surface area contributed by atoms with Crippen LogP contribution in [-0.2, 0) is 17.9 Å². The number of nitrogens with zero attached hydrogens (tertiary/aromatic N) is 6. The molecule has 0 saturated carbocycles. The second-order valence-electron chi connectivity index (χ2n) is 8.19. The second-order valence-corrected chi connectivity index (χ2v) is 8.59. The molecule has 0 aliphatic carbocycles. The Morgan fingerprint density at radius 2 is 2.06 bits per heavy atom. The third-order valence-electron chi connectivity index (χ3n) is 5.70. The van der Waals surface area contributed by atoms with E-state index in [0.29, 0.717) is 55.6 Å². The first-order chi connectivity index (χ1) is 16.0. The molecule has 2 aliphatic rings. The molecule has 11 heteroatoms. The van der Waals surface area contributed by atoms with Crippen LogP contribution < -0.4 is 15.0 Å². The lowest BCUT2D eigenvalue weighted by molar-refractivity contribution is 0.0347. The van der Waals surface area contributed by atoms with Crippen LogP contribution >= 0.6 is 11.6 Å². The first-order valence-electron chi connectivity index (χ1n) is 10.8.